The van der Waals surface area contributed by atoms with E-state index in [4.69, 9.17) is 9.47 Å². The number of amides is 2. The van der Waals surface area contributed by atoms with E-state index in [1.54, 1.807) is 20.1 Å². The topological polar surface area (TPSA) is 76.7 Å². The third kappa shape index (κ3) is 3.90. The molecule has 2 N–H and O–H groups in total. The summed E-state index contributed by atoms with van der Waals surface area (Å²) in [4.78, 5) is 24.6. The monoisotopic (exact) mass is 396 g/mol. The second-order valence-electron chi connectivity index (χ2n) is 5.58. The number of esters is 1. The number of methoxy groups -OCH3 is 1. The lowest BCUT2D eigenvalue weighted by Crippen LogP contribution is -2.45. The molecule has 0 aliphatic carbocycles. The van der Waals surface area contributed by atoms with Crippen LogP contribution in [-0.2, 0) is 9.53 Å². The van der Waals surface area contributed by atoms with Gasteiger partial charge in [-0.2, -0.15) is 0 Å². The van der Waals surface area contributed by atoms with Gasteiger partial charge in [0.15, 0.2) is 0 Å². The molecule has 0 bridgehead atoms. The Morgan fingerprint density at radius 2 is 2.12 bits per heavy atom. The van der Waals surface area contributed by atoms with Crippen molar-refractivity contribution in [2.45, 2.75) is 39.3 Å². The fourth-order valence-corrected chi connectivity index (χ4v) is 2.84. The van der Waals surface area contributed by atoms with E-state index in [9.17, 15) is 9.59 Å². The summed E-state index contributed by atoms with van der Waals surface area (Å²) in [5.74, 6) is 0.119. The second-order valence-corrected chi connectivity index (χ2v) is 6.50. The molecular formula is C17H21BrN2O4. The molecule has 2 amide bonds. The van der Waals surface area contributed by atoms with Crippen molar-refractivity contribution in [3.8, 4) is 5.75 Å². The van der Waals surface area contributed by atoms with Gasteiger partial charge >= 0.3 is 12.0 Å². The molecule has 0 fully saturated rings. The van der Waals surface area contributed by atoms with Crippen LogP contribution in [0.15, 0.2) is 33.9 Å². The molecule has 0 saturated carbocycles. The van der Waals surface area contributed by atoms with Crippen LogP contribution in [0.2, 0.25) is 0 Å². The van der Waals surface area contributed by atoms with E-state index in [1.165, 1.54) is 0 Å². The highest BCUT2D eigenvalue weighted by Gasteiger charge is 2.34. The summed E-state index contributed by atoms with van der Waals surface area (Å²) in [6, 6.07) is 4.40. The Kier molecular flexibility index (Phi) is 5.88. The van der Waals surface area contributed by atoms with Crippen molar-refractivity contribution < 1.29 is 19.1 Å². The fraction of sp³-hybridized carbons (Fsp3) is 0.412. The number of urea groups is 1. The first-order chi connectivity index (χ1) is 11.4. The highest BCUT2D eigenvalue weighted by molar-refractivity contribution is 9.10. The van der Waals surface area contributed by atoms with Crippen molar-refractivity contribution in [3.05, 3.63) is 39.5 Å². The number of hydrogen-bond donors (Lipinski definition) is 2. The van der Waals surface area contributed by atoms with Crippen molar-refractivity contribution in [1.82, 2.24) is 10.6 Å². The summed E-state index contributed by atoms with van der Waals surface area (Å²) in [7, 11) is 1.54. The first-order valence-electron chi connectivity index (χ1n) is 7.70. The highest BCUT2D eigenvalue weighted by Crippen LogP contribution is 2.35. The van der Waals surface area contributed by atoms with Crippen LogP contribution in [0, 0.1) is 0 Å². The smallest absolute Gasteiger partial charge is 0.338 e. The first kappa shape index (κ1) is 18.3. The lowest BCUT2D eigenvalue weighted by molar-refractivity contribution is -0.144. The van der Waals surface area contributed by atoms with Crippen LogP contribution < -0.4 is 15.4 Å². The minimum Gasteiger partial charge on any atom is -0.496 e. The Bertz CT molecular complexity index is 687. The standard InChI is InChI=1S/C17H21BrN2O4/c1-5-9(2)24-16(21)14-10(3)19-17(22)20-15(14)12-8-11(18)6-7-13(12)23-4/h6-9,15H,5H2,1-4H3,(H2,19,20,22)/t9-,15-/m0/s1. The van der Waals surface area contributed by atoms with E-state index in [-0.39, 0.29) is 12.1 Å². The van der Waals surface area contributed by atoms with Crippen LogP contribution in [0.3, 0.4) is 0 Å². The molecule has 6 nitrogen and oxygen atoms in total. The van der Waals surface area contributed by atoms with Crippen molar-refractivity contribution in [2.24, 2.45) is 0 Å². The molecule has 1 aliphatic heterocycles. The summed E-state index contributed by atoms with van der Waals surface area (Å²) in [6.45, 7) is 5.45. The molecule has 1 aromatic rings. The zero-order chi connectivity index (χ0) is 17.9. The Morgan fingerprint density at radius 3 is 2.75 bits per heavy atom. The summed E-state index contributed by atoms with van der Waals surface area (Å²) >= 11 is 3.41. The van der Waals surface area contributed by atoms with Gasteiger partial charge in [0.2, 0.25) is 0 Å². The van der Waals surface area contributed by atoms with Gasteiger partial charge in [-0.05, 0) is 38.5 Å². The van der Waals surface area contributed by atoms with Gasteiger partial charge in [0.25, 0.3) is 0 Å². The predicted molar refractivity (Wildman–Crippen MR) is 93.6 cm³/mol. The minimum absolute atomic E-state index is 0.208. The van der Waals surface area contributed by atoms with Crippen LogP contribution in [-0.4, -0.2) is 25.2 Å². The van der Waals surface area contributed by atoms with Crippen LogP contribution in [0.25, 0.3) is 0 Å². The lowest BCUT2D eigenvalue weighted by atomic mass is 9.95. The number of benzene rings is 1. The van der Waals surface area contributed by atoms with Crippen LogP contribution in [0.5, 0.6) is 5.75 Å². The lowest BCUT2D eigenvalue weighted by Gasteiger charge is -2.29. The van der Waals surface area contributed by atoms with E-state index in [0.717, 1.165) is 4.47 Å². The van der Waals surface area contributed by atoms with Crippen molar-refractivity contribution >= 4 is 27.9 Å². The number of hydrogen-bond acceptors (Lipinski definition) is 4. The quantitative estimate of drug-likeness (QED) is 0.747. The van der Waals surface area contributed by atoms with Crippen molar-refractivity contribution in [1.29, 1.82) is 0 Å². The molecule has 0 radical (unpaired) electrons. The molecule has 7 heteroatoms. The number of nitrogens with one attached hydrogen (secondary N) is 2. The van der Waals surface area contributed by atoms with Gasteiger partial charge in [-0.15, -0.1) is 0 Å². The summed E-state index contributed by atoms with van der Waals surface area (Å²) in [5, 5.41) is 5.41. The van der Waals surface area contributed by atoms with Gasteiger partial charge in [0.1, 0.15) is 5.75 Å². The van der Waals surface area contributed by atoms with Gasteiger partial charge in [-0.1, -0.05) is 22.9 Å². The third-order valence-electron chi connectivity index (χ3n) is 3.87. The Balaban J connectivity index is 2.49. The second kappa shape index (κ2) is 7.70. The molecule has 0 spiro atoms. The number of halogens is 1. The molecule has 24 heavy (non-hydrogen) atoms. The van der Waals surface area contributed by atoms with E-state index in [2.05, 4.69) is 26.6 Å². The van der Waals surface area contributed by atoms with Gasteiger partial charge < -0.3 is 20.1 Å². The maximum Gasteiger partial charge on any atom is 0.338 e. The van der Waals surface area contributed by atoms with Gasteiger partial charge in [0, 0.05) is 15.7 Å². The number of carbonyl (C=O) groups excluding carboxylic acids is 2. The van der Waals surface area contributed by atoms with Gasteiger partial charge in [-0.25, -0.2) is 9.59 Å². The molecule has 0 saturated heterocycles. The maximum absolute atomic E-state index is 12.6. The zero-order valence-electron chi connectivity index (χ0n) is 14.1. The van der Waals surface area contributed by atoms with E-state index in [0.29, 0.717) is 29.0 Å². The minimum atomic E-state index is -0.650. The Labute approximate surface area is 149 Å². The van der Waals surface area contributed by atoms with Gasteiger partial charge in [-0.3, -0.25) is 0 Å². The number of carbonyl (C=O) groups is 2. The molecule has 1 aromatic carbocycles. The van der Waals surface area contributed by atoms with Crippen LogP contribution >= 0.6 is 15.9 Å². The number of ether oxygens (including phenoxy) is 2. The van der Waals surface area contributed by atoms with E-state index < -0.39 is 12.0 Å². The largest absolute Gasteiger partial charge is 0.496 e. The zero-order valence-corrected chi connectivity index (χ0v) is 15.7. The maximum atomic E-state index is 12.6. The van der Waals surface area contributed by atoms with Crippen LogP contribution in [0.1, 0.15) is 38.8 Å². The predicted octanol–water partition coefficient (Wildman–Crippen LogP) is 3.43. The van der Waals surface area contributed by atoms with Crippen LogP contribution in [0.4, 0.5) is 4.79 Å². The van der Waals surface area contributed by atoms with E-state index in [1.807, 2.05) is 26.0 Å². The molecule has 0 aromatic heterocycles. The molecule has 1 heterocycles. The Morgan fingerprint density at radius 1 is 1.42 bits per heavy atom. The third-order valence-corrected chi connectivity index (χ3v) is 4.37. The normalized spacial score (nSPS) is 18.5. The molecule has 0 unspecified atom stereocenters. The molecule has 1 aliphatic rings. The molecule has 130 valence electrons. The molecule has 2 rings (SSSR count). The molecule has 2 atom stereocenters. The summed E-state index contributed by atoms with van der Waals surface area (Å²) < 4.78 is 11.7. The number of allylic oxidation sites excluding steroid dienone is 1. The fourth-order valence-electron chi connectivity index (χ4n) is 2.46. The summed E-state index contributed by atoms with van der Waals surface area (Å²) in [6.07, 6.45) is 0.503. The average Bonchev–Trinajstić information content (AvgIpc) is 2.53. The highest BCUT2D eigenvalue weighted by atomic mass is 79.9. The van der Waals surface area contributed by atoms with E-state index >= 15 is 0 Å². The van der Waals surface area contributed by atoms with Crippen molar-refractivity contribution in [3.63, 3.8) is 0 Å². The Hall–Kier alpha value is -2.02. The first-order valence-corrected chi connectivity index (χ1v) is 8.49. The van der Waals surface area contributed by atoms with Gasteiger partial charge in [0.05, 0.1) is 24.8 Å². The molecular weight excluding hydrogens is 376 g/mol. The SMILES string of the molecule is CC[C@H](C)OC(=O)C1=C(C)NC(=O)N[C@H]1c1cc(Br)ccc1OC. The average molecular weight is 397 g/mol. The summed E-state index contributed by atoms with van der Waals surface area (Å²) in [5.41, 5.74) is 1.52. The number of rotatable bonds is 5. The van der Waals surface area contributed by atoms with Crippen molar-refractivity contribution in [2.75, 3.05) is 7.11 Å².